The number of ether oxygens (including phenoxy) is 1. The van der Waals surface area contributed by atoms with E-state index < -0.39 is 29.2 Å². The molecule has 7 heteroatoms. The molecule has 1 aromatic heterocycles. The summed E-state index contributed by atoms with van der Waals surface area (Å²) >= 11 is 0. The van der Waals surface area contributed by atoms with Crippen LogP contribution in [0.1, 0.15) is 32.4 Å². The molecule has 1 rings (SSSR count). The fourth-order valence-corrected chi connectivity index (χ4v) is 1.42. The van der Waals surface area contributed by atoms with E-state index in [4.69, 9.17) is 4.74 Å². The van der Waals surface area contributed by atoms with Gasteiger partial charge in [0, 0.05) is 17.3 Å². The van der Waals surface area contributed by atoms with Crippen LogP contribution in [0.15, 0.2) is 24.5 Å². The van der Waals surface area contributed by atoms with Gasteiger partial charge in [-0.15, -0.1) is 0 Å². The lowest BCUT2D eigenvalue weighted by Crippen LogP contribution is -2.37. The monoisotopic (exact) mass is 267 g/mol. The van der Waals surface area contributed by atoms with Crippen molar-refractivity contribution in [1.29, 1.82) is 0 Å². The molecule has 104 valence electrons. The number of rotatable bonds is 4. The first-order valence-corrected chi connectivity index (χ1v) is 5.79. The van der Waals surface area contributed by atoms with Crippen LogP contribution >= 0.6 is 0 Å². The predicted molar refractivity (Wildman–Crippen MR) is 68.2 cm³/mol. The van der Waals surface area contributed by atoms with Crippen LogP contribution in [0.5, 0.6) is 0 Å². The zero-order valence-electron chi connectivity index (χ0n) is 11.1. The molecule has 0 aliphatic heterocycles. The van der Waals surface area contributed by atoms with Crippen molar-refractivity contribution >= 4 is 6.09 Å². The van der Waals surface area contributed by atoms with Crippen molar-refractivity contribution in [1.82, 2.24) is 10.3 Å². The van der Waals surface area contributed by atoms with Gasteiger partial charge in [0.15, 0.2) is 0 Å². The normalized spacial score (nSPS) is 12.6. The van der Waals surface area contributed by atoms with Gasteiger partial charge >= 0.3 is 6.09 Å². The van der Waals surface area contributed by atoms with Crippen LogP contribution in [-0.4, -0.2) is 28.1 Å². The lowest BCUT2D eigenvalue weighted by molar-refractivity contribution is -0.484. The van der Waals surface area contributed by atoms with Gasteiger partial charge in [0.25, 0.3) is 0 Å². The van der Waals surface area contributed by atoms with Gasteiger partial charge in [0.05, 0.1) is 0 Å². The molecule has 0 aliphatic rings. The Kier molecular flexibility index (Phi) is 4.80. The molecule has 0 unspecified atom stereocenters. The fourth-order valence-electron chi connectivity index (χ4n) is 1.42. The molecule has 0 aliphatic carbocycles. The Morgan fingerprint density at radius 1 is 1.58 bits per heavy atom. The highest BCUT2D eigenvalue weighted by molar-refractivity contribution is 5.68. The van der Waals surface area contributed by atoms with Crippen LogP contribution < -0.4 is 5.32 Å². The SMILES string of the molecule is CC(C)(C)OC(=O)N[C@H](C[N+](=O)[O-])c1cccnc1. The Labute approximate surface area is 111 Å². The molecule has 1 atom stereocenters. The molecule has 0 saturated carbocycles. The Bertz CT molecular complexity index is 442. The summed E-state index contributed by atoms with van der Waals surface area (Å²) in [5.41, 5.74) is -0.0943. The molecule has 0 bridgehead atoms. The van der Waals surface area contributed by atoms with Crippen LogP contribution in [0.4, 0.5) is 4.79 Å². The van der Waals surface area contributed by atoms with Gasteiger partial charge in [-0.3, -0.25) is 15.1 Å². The van der Waals surface area contributed by atoms with E-state index >= 15 is 0 Å². The average molecular weight is 267 g/mol. The number of nitrogens with zero attached hydrogens (tertiary/aromatic N) is 2. The number of hydrogen-bond acceptors (Lipinski definition) is 5. The van der Waals surface area contributed by atoms with Crippen LogP contribution in [0, 0.1) is 10.1 Å². The van der Waals surface area contributed by atoms with E-state index in [1.165, 1.54) is 6.20 Å². The number of alkyl carbamates (subject to hydrolysis) is 1. The summed E-state index contributed by atoms with van der Waals surface area (Å²) in [6.07, 6.45) is 2.34. The number of carbonyl (C=O) groups excluding carboxylic acids is 1. The molecular weight excluding hydrogens is 250 g/mol. The Morgan fingerprint density at radius 2 is 2.26 bits per heavy atom. The quantitative estimate of drug-likeness (QED) is 0.664. The fraction of sp³-hybridized carbons (Fsp3) is 0.500. The van der Waals surface area contributed by atoms with Crippen molar-refractivity contribution in [2.45, 2.75) is 32.4 Å². The smallest absolute Gasteiger partial charge is 0.408 e. The Hall–Kier alpha value is -2.18. The van der Waals surface area contributed by atoms with Crippen LogP contribution in [0.3, 0.4) is 0 Å². The highest BCUT2D eigenvalue weighted by Gasteiger charge is 2.23. The third-order valence-corrected chi connectivity index (χ3v) is 2.11. The third kappa shape index (κ3) is 5.80. The predicted octanol–water partition coefficient (Wildman–Crippen LogP) is 1.92. The van der Waals surface area contributed by atoms with Gasteiger partial charge in [-0.05, 0) is 32.4 Å². The molecule has 19 heavy (non-hydrogen) atoms. The average Bonchev–Trinajstić information content (AvgIpc) is 2.26. The molecule has 0 fully saturated rings. The van der Waals surface area contributed by atoms with E-state index in [-0.39, 0.29) is 0 Å². The van der Waals surface area contributed by atoms with Crippen molar-refractivity contribution in [3.05, 3.63) is 40.2 Å². The maximum absolute atomic E-state index is 11.6. The summed E-state index contributed by atoms with van der Waals surface area (Å²) in [4.78, 5) is 25.7. The molecule has 0 spiro atoms. The molecule has 1 amide bonds. The second-order valence-electron chi connectivity index (χ2n) is 5.00. The summed E-state index contributed by atoms with van der Waals surface area (Å²) in [5.74, 6) is 0. The molecule has 0 aromatic carbocycles. The van der Waals surface area contributed by atoms with Crippen molar-refractivity contribution in [2.75, 3.05) is 6.54 Å². The topological polar surface area (TPSA) is 94.4 Å². The molecule has 1 aromatic rings. The van der Waals surface area contributed by atoms with Gasteiger partial charge in [-0.25, -0.2) is 4.79 Å². The van der Waals surface area contributed by atoms with Crippen molar-refractivity contribution in [3.8, 4) is 0 Å². The third-order valence-electron chi connectivity index (χ3n) is 2.11. The second-order valence-corrected chi connectivity index (χ2v) is 5.00. The minimum absolute atomic E-state index is 0.426. The molecule has 1 N–H and O–H groups in total. The first kappa shape index (κ1) is 14.9. The number of aromatic nitrogens is 1. The number of nitrogens with one attached hydrogen (secondary N) is 1. The van der Waals surface area contributed by atoms with Gasteiger partial charge in [0.1, 0.15) is 11.6 Å². The van der Waals surface area contributed by atoms with Gasteiger partial charge in [-0.1, -0.05) is 6.07 Å². The lowest BCUT2D eigenvalue weighted by atomic mass is 10.1. The standard InChI is InChI=1S/C12H17N3O4/c1-12(2,3)19-11(16)14-10(8-15(17)18)9-5-4-6-13-7-9/h4-7,10H,8H2,1-3H3,(H,14,16)/t10-/m1/s1. The largest absolute Gasteiger partial charge is 0.444 e. The van der Waals surface area contributed by atoms with E-state index in [0.717, 1.165) is 0 Å². The van der Waals surface area contributed by atoms with Gasteiger partial charge in [0.2, 0.25) is 6.54 Å². The summed E-state index contributed by atoms with van der Waals surface area (Å²) in [6, 6.07) is 2.55. The molecule has 7 nitrogen and oxygen atoms in total. The van der Waals surface area contributed by atoms with Crippen molar-refractivity contribution in [3.63, 3.8) is 0 Å². The second kappa shape index (κ2) is 6.12. The number of hydrogen-bond donors (Lipinski definition) is 1. The molecule has 1 heterocycles. The number of amides is 1. The summed E-state index contributed by atoms with van der Waals surface area (Å²) in [7, 11) is 0. The molecule has 0 saturated heterocycles. The van der Waals surface area contributed by atoms with Crippen LogP contribution in [-0.2, 0) is 4.74 Å². The number of pyridine rings is 1. The van der Waals surface area contributed by atoms with E-state index in [1.807, 2.05) is 0 Å². The summed E-state index contributed by atoms with van der Waals surface area (Å²) < 4.78 is 5.08. The van der Waals surface area contributed by atoms with Crippen LogP contribution in [0.25, 0.3) is 0 Å². The van der Waals surface area contributed by atoms with Crippen molar-refractivity contribution in [2.24, 2.45) is 0 Å². The summed E-state index contributed by atoms with van der Waals surface area (Å²) in [5, 5.41) is 13.1. The van der Waals surface area contributed by atoms with E-state index in [0.29, 0.717) is 5.56 Å². The van der Waals surface area contributed by atoms with Crippen molar-refractivity contribution < 1.29 is 14.5 Å². The summed E-state index contributed by atoms with van der Waals surface area (Å²) in [6.45, 7) is 4.74. The number of nitro groups is 1. The highest BCUT2D eigenvalue weighted by Crippen LogP contribution is 2.13. The first-order valence-electron chi connectivity index (χ1n) is 5.79. The zero-order valence-corrected chi connectivity index (χ0v) is 11.1. The molecular formula is C12H17N3O4. The van der Waals surface area contributed by atoms with E-state index in [9.17, 15) is 14.9 Å². The van der Waals surface area contributed by atoms with Gasteiger partial charge < -0.3 is 10.1 Å². The van der Waals surface area contributed by atoms with Crippen LogP contribution in [0.2, 0.25) is 0 Å². The van der Waals surface area contributed by atoms with E-state index in [2.05, 4.69) is 10.3 Å². The zero-order chi connectivity index (χ0) is 14.5. The Balaban J connectivity index is 2.76. The number of carbonyl (C=O) groups is 1. The minimum atomic E-state index is -0.765. The lowest BCUT2D eigenvalue weighted by Gasteiger charge is -2.22. The maximum atomic E-state index is 11.6. The van der Waals surface area contributed by atoms with E-state index in [1.54, 1.807) is 39.1 Å². The maximum Gasteiger partial charge on any atom is 0.408 e. The van der Waals surface area contributed by atoms with Gasteiger partial charge in [-0.2, -0.15) is 0 Å². The highest BCUT2D eigenvalue weighted by atomic mass is 16.6. The molecule has 0 radical (unpaired) electrons. The minimum Gasteiger partial charge on any atom is -0.444 e. The first-order chi connectivity index (χ1) is 8.78. The Morgan fingerprint density at radius 3 is 2.74 bits per heavy atom.